The summed E-state index contributed by atoms with van der Waals surface area (Å²) in [4.78, 5) is 30.6. The zero-order valence-electron chi connectivity index (χ0n) is 12.5. The van der Waals surface area contributed by atoms with Crippen LogP contribution in [-0.4, -0.2) is 54.1 Å². The molecule has 114 valence electrons. The van der Waals surface area contributed by atoms with Gasteiger partial charge in [-0.25, -0.2) is 4.98 Å². The molecule has 1 fully saturated rings. The van der Waals surface area contributed by atoms with Gasteiger partial charge in [0.1, 0.15) is 5.82 Å². The lowest BCUT2D eigenvalue weighted by molar-refractivity contribution is -0.138. The number of amides is 1. The Hall–Kier alpha value is -2.11. The Bertz CT molecular complexity index is 513. The van der Waals surface area contributed by atoms with Gasteiger partial charge in [0.25, 0.3) is 5.91 Å². The Kier molecular flexibility index (Phi) is 4.77. The lowest BCUT2D eigenvalue weighted by atomic mass is 9.95. The standard InChI is InChI=1S/C15H21N3O3/c1-17(2)15(21)12-5-6-13(16-9-12)18-7-3-4-11(10-18)8-14(19)20/h5-6,9,11H,3-4,7-8,10H2,1-2H3,(H,19,20). The van der Waals surface area contributed by atoms with Crippen molar-refractivity contribution in [1.29, 1.82) is 0 Å². The maximum absolute atomic E-state index is 11.8. The molecule has 1 aliphatic rings. The fourth-order valence-corrected chi connectivity index (χ4v) is 2.64. The van der Waals surface area contributed by atoms with Crippen LogP contribution in [0.3, 0.4) is 0 Å². The number of hydrogen-bond donors (Lipinski definition) is 1. The molecule has 1 aromatic rings. The van der Waals surface area contributed by atoms with Crippen molar-refractivity contribution < 1.29 is 14.7 Å². The number of carbonyl (C=O) groups is 2. The molecule has 0 saturated carbocycles. The van der Waals surface area contributed by atoms with E-state index in [-0.39, 0.29) is 18.2 Å². The molecule has 1 amide bonds. The van der Waals surface area contributed by atoms with Gasteiger partial charge in [-0.05, 0) is 30.9 Å². The number of pyridine rings is 1. The minimum atomic E-state index is -0.748. The lowest BCUT2D eigenvalue weighted by Gasteiger charge is -2.33. The molecule has 6 heteroatoms. The monoisotopic (exact) mass is 291 g/mol. The normalized spacial score (nSPS) is 18.4. The highest BCUT2D eigenvalue weighted by atomic mass is 16.4. The summed E-state index contributed by atoms with van der Waals surface area (Å²) in [6.07, 6.45) is 3.70. The third-order valence-electron chi connectivity index (χ3n) is 3.71. The second kappa shape index (κ2) is 6.56. The van der Waals surface area contributed by atoms with Gasteiger partial charge in [0.2, 0.25) is 0 Å². The van der Waals surface area contributed by atoms with Gasteiger partial charge < -0.3 is 14.9 Å². The Morgan fingerprint density at radius 2 is 2.19 bits per heavy atom. The summed E-state index contributed by atoms with van der Waals surface area (Å²) in [6.45, 7) is 1.59. The molecule has 2 heterocycles. The van der Waals surface area contributed by atoms with Crippen LogP contribution in [0.25, 0.3) is 0 Å². The number of carboxylic acids is 1. The summed E-state index contributed by atoms with van der Waals surface area (Å²) in [7, 11) is 3.41. The topological polar surface area (TPSA) is 73.7 Å². The van der Waals surface area contributed by atoms with Gasteiger partial charge in [0.05, 0.1) is 5.56 Å². The highest BCUT2D eigenvalue weighted by Gasteiger charge is 2.23. The van der Waals surface area contributed by atoms with E-state index in [1.807, 2.05) is 6.07 Å². The highest BCUT2D eigenvalue weighted by Crippen LogP contribution is 2.23. The predicted molar refractivity (Wildman–Crippen MR) is 79.4 cm³/mol. The van der Waals surface area contributed by atoms with Gasteiger partial charge in [0.15, 0.2) is 0 Å². The van der Waals surface area contributed by atoms with Crippen LogP contribution in [0.2, 0.25) is 0 Å². The van der Waals surface area contributed by atoms with E-state index < -0.39 is 5.97 Å². The minimum Gasteiger partial charge on any atom is -0.481 e. The second-order valence-electron chi connectivity index (χ2n) is 5.66. The summed E-state index contributed by atoms with van der Waals surface area (Å²) >= 11 is 0. The molecule has 1 saturated heterocycles. The quantitative estimate of drug-likeness (QED) is 0.909. The van der Waals surface area contributed by atoms with Crippen LogP contribution < -0.4 is 4.90 Å². The van der Waals surface area contributed by atoms with Crippen LogP contribution in [0.4, 0.5) is 5.82 Å². The summed E-state index contributed by atoms with van der Waals surface area (Å²) in [5.41, 5.74) is 0.558. The average molecular weight is 291 g/mol. The summed E-state index contributed by atoms with van der Waals surface area (Å²) in [5.74, 6) is 0.153. The molecule has 1 aromatic heterocycles. The Balaban J connectivity index is 2.04. The van der Waals surface area contributed by atoms with Crippen molar-refractivity contribution in [3.8, 4) is 0 Å². The van der Waals surface area contributed by atoms with E-state index in [0.717, 1.165) is 25.2 Å². The van der Waals surface area contributed by atoms with E-state index in [2.05, 4.69) is 9.88 Å². The molecule has 1 unspecified atom stereocenters. The zero-order chi connectivity index (χ0) is 15.4. The van der Waals surface area contributed by atoms with Crippen molar-refractivity contribution in [3.05, 3.63) is 23.9 Å². The molecule has 0 aromatic carbocycles. The average Bonchev–Trinajstić information content (AvgIpc) is 2.46. The highest BCUT2D eigenvalue weighted by molar-refractivity contribution is 5.93. The maximum atomic E-state index is 11.8. The molecule has 2 rings (SSSR count). The first-order chi connectivity index (χ1) is 9.97. The summed E-state index contributed by atoms with van der Waals surface area (Å²) in [6, 6.07) is 3.60. The molecule has 1 aliphatic heterocycles. The van der Waals surface area contributed by atoms with Crippen molar-refractivity contribution in [2.75, 3.05) is 32.1 Å². The van der Waals surface area contributed by atoms with Crippen LogP contribution in [0.15, 0.2) is 18.3 Å². The minimum absolute atomic E-state index is 0.0727. The van der Waals surface area contributed by atoms with Crippen molar-refractivity contribution in [2.24, 2.45) is 5.92 Å². The lowest BCUT2D eigenvalue weighted by Crippen LogP contribution is -2.36. The number of anilines is 1. The van der Waals surface area contributed by atoms with Gasteiger partial charge >= 0.3 is 5.97 Å². The zero-order valence-corrected chi connectivity index (χ0v) is 12.5. The van der Waals surface area contributed by atoms with E-state index in [0.29, 0.717) is 12.1 Å². The van der Waals surface area contributed by atoms with Crippen molar-refractivity contribution in [2.45, 2.75) is 19.3 Å². The third-order valence-corrected chi connectivity index (χ3v) is 3.71. The van der Waals surface area contributed by atoms with Crippen molar-refractivity contribution >= 4 is 17.7 Å². The second-order valence-corrected chi connectivity index (χ2v) is 5.66. The summed E-state index contributed by atoms with van der Waals surface area (Å²) in [5, 5.41) is 8.90. The number of hydrogen-bond acceptors (Lipinski definition) is 4. The molecule has 1 N–H and O–H groups in total. The van der Waals surface area contributed by atoms with Gasteiger partial charge in [0, 0.05) is 39.8 Å². The van der Waals surface area contributed by atoms with Crippen LogP contribution in [0.1, 0.15) is 29.6 Å². The molecule has 21 heavy (non-hydrogen) atoms. The molecule has 0 spiro atoms. The number of aliphatic carboxylic acids is 1. The van der Waals surface area contributed by atoms with Gasteiger partial charge in [-0.15, -0.1) is 0 Å². The molecule has 0 aliphatic carbocycles. The first-order valence-corrected chi connectivity index (χ1v) is 7.12. The van der Waals surface area contributed by atoms with Crippen LogP contribution in [-0.2, 0) is 4.79 Å². The first kappa shape index (κ1) is 15.3. The molecule has 6 nitrogen and oxygen atoms in total. The first-order valence-electron chi connectivity index (χ1n) is 7.12. The molecule has 0 bridgehead atoms. The number of carboxylic acid groups (broad SMARTS) is 1. The van der Waals surface area contributed by atoms with Crippen LogP contribution >= 0.6 is 0 Å². The number of carbonyl (C=O) groups excluding carboxylic acids is 1. The molecular weight excluding hydrogens is 270 g/mol. The van der Waals surface area contributed by atoms with Gasteiger partial charge in [-0.1, -0.05) is 0 Å². The Morgan fingerprint density at radius 3 is 2.76 bits per heavy atom. The number of piperidine rings is 1. The Labute approximate surface area is 124 Å². The van der Waals surface area contributed by atoms with E-state index in [1.165, 1.54) is 4.90 Å². The molecule has 1 atom stereocenters. The van der Waals surface area contributed by atoms with Gasteiger partial charge in [-0.3, -0.25) is 9.59 Å². The fourth-order valence-electron chi connectivity index (χ4n) is 2.64. The van der Waals surface area contributed by atoms with Crippen LogP contribution in [0.5, 0.6) is 0 Å². The van der Waals surface area contributed by atoms with Gasteiger partial charge in [-0.2, -0.15) is 0 Å². The fraction of sp³-hybridized carbons (Fsp3) is 0.533. The van der Waals surface area contributed by atoms with Crippen LogP contribution in [0, 0.1) is 5.92 Å². The van der Waals surface area contributed by atoms with Crippen molar-refractivity contribution in [1.82, 2.24) is 9.88 Å². The molecular formula is C15H21N3O3. The predicted octanol–water partition coefficient (Wildman–Crippen LogP) is 1.47. The number of aromatic nitrogens is 1. The van der Waals surface area contributed by atoms with Crippen molar-refractivity contribution in [3.63, 3.8) is 0 Å². The smallest absolute Gasteiger partial charge is 0.303 e. The van der Waals surface area contributed by atoms with E-state index in [9.17, 15) is 9.59 Å². The Morgan fingerprint density at radius 1 is 1.43 bits per heavy atom. The largest absolute Gasteiger partial charge is 0.481 e. The van der Waals surface area contributed by atoms with E-state index in [1.54, 1.807) is 26.4 Å². The third kappa shape index (κ3) is 3.93. The number of rotatable bonds is 4. The maximum Gasteiger partial charge on any atom is 0.303 e. The summed E-state index contributed by atoms with van der Waals surface area (Å²) < 4.78 is 0. The SMILES string of the molecule is CN(C)C(=O)c1ccc(N2CCCC(CC(=O)O)C2)nc1. The van der Waals surface area contributed by atoms with E-state index in [4.69, 9.17) is 5.11 Å². The van der Waals surface area contributed by atoms with E-state index >= 15 is 0 Å². The number of nitrogens with zero attached hydrogens (tertiary/aromatic N) is 3. The molecule has 0 radical (unpaired) electrons.